The maximum Gasteiger partial charge on any atom is 0.0735 e. The lowest BCUT2D eigenvalue weighted by molar-refractivity contribution is -0.191. The van der Waals surface area contributed by atoms with Gasteiger partial charge >= 0.3 is 0 Å². The molecule has 3 saturated heterocycles. The molecule has 224 valence electrons. The second-order valence-corrected chi connectivity index (χ2v) is 17.7. The van der Waals surface area contributed by atoms with Crippen molar-refractivity contribution in [2.24, 2.45) is 35.5 Å². The lowest BCUT2D eigenvalue weighted by Crippen LogP contribution is -2.65. The summed E-state index contributed by atoms with van der Waals surface area (Å²) in [5.41, 5.74) is 0. The van der Waals surface area contributed by atoms with Gasteiger partial charge in [0.2, 0.25) is 0 Å². The number of fused-ring (bicyclic) bond motifs is 9. The van der Waals surface area contributed by atoms with Crippen LogP contribution in [0.4, 0.5) is 0 Å². The third-order valence-corrected chi connectivity index (χ3v) is 16.4. The first-order chi connectivity index (χ1) is 19.8. The van der Waals surface area contributed by atoms with Crippen LogP contribution in [0.1, 0.15) is 135 Å². The van der Waals surface area contributed by atoms with E-state index in [-0.39, 0.29) is 0 Å². The van der Waals surface area contributed by atoms with Gasteiger partial charge < -0.3 is 9.47 Å². The first-order valence-electron chi connectivity index (χ1n) is 18.6. The first kappa shape index (κ1) is 26.6. The maximum atomic E-state index is 7.44. The van der Waals surface area contributed by atoms with E-state index < -0.39 is 0 Å². The van der Waals surface area contributed by atoms with E-state index in [1.165, 1.54) is 135 Å². The Morgan fingerprint density at radius 2 is 1.10 bits per heavy atom. The molecule has 3 nitrogen and oxygen atoms in total. The minimum Gasteiger partial charge on any atom is -0.374 e. The highest BCUT2D eigenvalue weighted by Crippen LogP contribution is 2.62. The van der Waals surface area contributed by atoms with Crippen molar-refractivity contribution in [1.29, 1.82) is 0 Å². The third kappa shape index (κ3) is 4.36. The molecule has 4 heteroatoms. The Bertz CT molecular complexity index is 883. The van der Waals surface area contributed by atoms with Crippen LogP contribution in [0.25, 0.3) is 0 Å². The van der Waals surface area contributed by atoms with Crippen LogP contribution >= 0.6 is 11.8 Å². The Morgan fingerprint density at radius 3 is 1.90 bits per heavy atom. The van der Waals surface area contributed by atoms with Crippen LogP contribution in [0.3, 0.4) is 0 Å². The quantitative estimate of drug-likeness (QED) is 0.334. The fraction of sp³-hybridized carbons (Fsp3) is 1.00. The average molecular weight is 568 g/mol. The summed E-state index contributed by atoms with van der Waals surface area (Å²) in [5.74, 6) is 5.52. The Hall–Kier alpha value is 0.230. The summed E-state index contributed by atoms with van der Waals surface area (Å²) in [5, 5.41) is 1.91. The lowest BCUT2D eigenvalue weighted by atomic mass is 9.62. The lowest BCUT2D eigenvalue weighted by Gasteiger charge is -2.57. The minimum absolute atomic E-state index is 0.543. The van der Waals surface area contributed by atoms with Crippen LogP contribution in [-0.4, -0.2) is 57.9 Å². The van der Waals surface area contributed by atoms with Crippen LogP contribution in [0.2, 0.25) is 0 Å². The van der Waals surface area contributed by atoms with Crippen molar-refractivity contribution in [2.75, 3.05) is 0 Å². The summed E-state index contributed by atoms with van der Waals surface area (Å²) in [6, 6.07) is 2.30. The molecule has 0 amide bonds. The number of rotatable bonds is 2. The predicted molar refractivity (Wildman–Crippen MR) is 164 cm³/mol. The van der Waals surface area contributed by atoms with Crippen LogP contribution in [0, 0.1) is 35.5 Å². The fourth-order valence-electron chi connectivity index (χ4n) is 13.1. The van der Waals surface area contributed by atoms with Crippen molar-refractivity contribution < 1.29 is 9.47 Å². The van der Waals surface area contributed by atoms with Crippen molar-refractivity contribution >= 4 is 11.8 Å². The van der Waals surface area contributed by atoms with Gasteiger partial charge in [0.05, 0.1) is 24.4 Å². The molecule has 0 bridgehead atoms. The van der Waals surface area contributed by atoms with E-state index in [0.29, 0.717) is 24.4 Å². The number of ether oxygens (including phenoxy) is 2. The number of hydrogen-bond acceptors (Lipinski definition) is 4. The normalized spacial score (nSPS) is 56.2. The third-order valence-electron chi connectivity index (χ3n) is 14.6. The Kier molecular flexibility index (Phi) is 7.31. The number of thioether (sulfide) groups is 1. The van der Waals surface area contributed by atoms with Gasteiger partial charge in [-0.1, -0.05) is 44.9 Å². The van der Waals surface area contributed by atoms with E-state index in [0.717, 1.165) is 64.1 Å². The van der Waals surface area contributed by atoms with Gasteiger partial charge in [-0.25, -0.2) is 0 Å². The minimum atomic E-state index is 0.543. The van der Waals surface area contributed by atoms with Gasteiger partial charge in [0.1, 0.15) is 0 Å². The fourth-order valence-corrected chi connectivity index (χ4v) is 15.2. The van der Waals surface area contributed by atoms with Gasteiger partial charge in [0.15, 0.2) is 0 Å². The molecule has 6 aliphatic carbocycles. The van der Waals surface area contributed by atoms with E-state index in [4.69, 9.17) is 9.47 Å². The molecule has 13 atom stereocenters. The van der Waals surface area contributed by atoms with E-state index in [9.17, 15) is 0 Å². The average Bonchev–Trinajstić information content (AvgIpc) is 3.58. The van der Waals surface area contributed by atoms with Gasteiger partial charge in [-0.15, -0.1) is 0 Å². The smallest absolute Gasteiger partial charge is 0.0735 e. The molecule has 3 aliphatic heterocycles. The zero-order chi connectivity index (χ0) is 26.2. The van der Waals surface area contributed by atoms with Gasteiger partial charge in [0.25, 0.3) is 0 Å². The van der Waals surface area contributed by atoms with Gasteiger partial charge in [-0.2, -0.15) is 11.8 Å². The highest BCUT2D eigenvalue weighted by atomic mass is 32.2. The highest BCUT2D eigenvalue weighted by molar-refractivity contribution is 8.00. The van der Waals surface area contributed by atoms with Crippen LogP contribution < -0.4 is 0 Å². The van der Waals surface area contributed by atoms with E-state index in [2.05, 4.69) is 16.7 Å². The van der Waals surface area contributed by atoms with Gasteiger partial charge in [0, 0.05) is 34.5 Å². The topological polar surface area (TPSA) is 21.7 Å². The number of hydrogen-bond donors (Lipinski definition) is 0. The molecule has 40 heavy (non-hydrogen) atoms. The van der Waals surface area contributed by atoms with Crippen LogP contribution in [0.15, 0.2) is 0 Å². The van der Waals surface area contributed by atoms with Crippen molar-refractivity contribution in [3.8, 4) is 0 Å². The molecule has 0 spiro atoms. The number of nitrogens with zero attached hydrogens (tertiary/aromatic N) is 1. The van der Waals surface area contributed by atoms with Crippen molar-refractivity contribution in [3.63, 3.8) is 0 Å². The summed E-state index contributed by atoms with van der Waals surface area (Å²) < 4.78 is 14.3. The zero-order valence-corrected chi connectivity index (χ0v) is 26.0. The Labute approximate surface area is 249 Å². The Balaban J connectivity index is 0.896. The SMILES string of the molecule is C1CCC2C(C1)OC1CCCCC1N2C1CCC(C2CCCC3C4CCC5SC6CCCCC6C5C4OC23)CC1. The highest BCUT2D eigenvalue weighted by Gasteiger charge is 2.60. The van der Waals surface area contributed by atoms with E-state index in [1.54, 1.807) is 0 Å². The number of morpholine rings is 1. The van der Waals surface area contributed by atoms with E-state index in [1.807, 2.05) is 0 Å². The summed E-state index contributed by atoms with van der Waals surface area (Å²) in [6.45, 7) is 0. The van der Waals surface area contributed by atoms with Gasteiger partial charge in [-0.05, 0) is 119 Å². The molecule has 0 radical (unpaired) electrons. The molecule has 0 aromatic rings. The second kappa shape index (κ2) is 11.0. The molecule has 6 saturated carbocycles. The molecular formula is C36H57NO2S. The molecular weight excluding hydrogens is 510 g/mol. The maximum absolute atomic E-state index is 7.44. The molecule has 0 N–H and O–H groups in total. The summed E-state index contributed by atoms with van der Waals surface area (Å²) in [4.78, 5) is 3.14. The van der Waals surface area contributed by atoms with Crippen LogP contribution in [0.5, 0.6) is 0 Å². The van der Waals surface area contributed by atoms with Crippen molar-refractivity contribution in [3.05, 3.63) is 0 Å². The largest absolute Gasteiger partial charge is 0.374 e. The van der Waals surface area contributed by atoms with Crippen molar-refractivity contribution in [2.45, 2.75) is 188 Å². The Morgan fingerprint density at radius 1 is 0.450 bits per heavy atom. The predicted octanol–water partition coefficient (Wildman–Crippen LogP) is 8.38. The standard InChI is InChI=1S/C36H57NO2S/c1-6-15-32-27(8-1)34-33(40-32)21-20-26-25-10-7-9-24(35(25)39-36(26)34)22-16-18-23(19-17-22)37-28-11-2-4-13-30(28)38-31-14-5-3-12-29(31)37/h22-36H,1-21H2. The molecule has 13 unspecified atom stereocenters. The van der Waals surface area contributed by atoms with Crippen LogP contribution in [-0.2, 0) is 9.47 Å². The molecule has 0 aromatic carbocycles. The first-order valence-corrected chi connectivity index (χ1v) is 19.5. The molecule has 3 heterocycles. The summed E-state index contributed by atoms with van der Waals surface area (Å²) in [6.07, 6.45) is 32.8. The van der Waals surface area contributed by atoms with E-state index >= 15 is 0 Å². The zero-order valence-electron chi connectivity index (χ0n) is 25.2. The second-order valence-electron chi connectivity index (χ2n) is 16.2. The molecule has 0 aromatic heterocycles. The molecule has 9 fully saturated rings. The summed E-state index contributed by atoms with van der Waals surface area (Å²) in [7, 11) is 0. The summed E-state index contributed by atoms with van der Waals surface area (Å²) >= 11 is 2.43. The van der Waals surface area contributed by atoms with Gasteiger partial charge in [-0.3, -0.25) is 4.90 Å². The monoisotopic (exact) mass is 567 g/mol. The molecule has 9 rings (SSSR count). The molecule has 9 aliphatic rings. The van der Waals surface area contributed by atoms with Crippen molar-refractivity contribution in [1.82, 2.24) is 4.90 Å².